The first kappa shape index (κ1) is 17.6. The quantitative estimate of drug-likeness (QED) is 0.322. The van der Waals surface area contributed by atoms with Crippen molar-refractivity contribution in [1.82, 2.24) is 10.3 Å². The number of carbonyl (C=O) groups is 1. The summed E-state index contributed by atoms with van der Waals surface area (Å²) >= 11 is 0. The largest absolute Gasteiger partial charge is 0.354 e. The third-order valence-corrected chi connectivity index (χ3v) is 6.85. The smallest absolute Gasteiger partial charge is 0.252 e. The molecule has 1 aliphatic heterocycles. The predicted molar refractivity (Wildman–Crippen MR) is 131 cm³/mol. The summed E-state index contributed by atoms with van der Waals surface area (Å²) in [4.78, 5) is 16.6. The maximum Gasteiger partial charge on any atom is 0.252 e. The molecule has 0 bridgehead atoms. The molecule has 0 saturated carbocycles. The molecule has 7 rings (SSSR count). The van der Waals surface area contributed by atoms with Crippen LogP contribution >= 0.6 is 0 Å². The van der Waals surface area contributed by atoms with E-state index in [1.54, 1.807) is 0 Å². The Morgan fingerprint density at radius 3 is 2.50 bits per heavy atom. The molecule has 3 nitrogen and oxygen atoms in total. The van der Waals surface area contributed by atoms with Crippen LogP contribution in [0.3, 0.4) is 0 Å². The molecule has 5 aromatic rings. The van der Waals surface area contributed by atoms with Crippen molar-refractivity contribution >= 4 is 39.9 Å². The number of nitrogens with one attached hydrogen (secondary N) is 2. The highest BCUT2D eigenvalue weighted by atomic mass is 16.1. The molecule has 1 amide bonds. The first-order valence-electron chi connectivity index (χ1n) is 11.0. The standard InChI is InChI=1S/C29H20N2O/c32-29-27-23(16-30-29)25-21-14-18(11-10-17-6-2-1-3-7-17)12-13-19(21)15-22(25)28-26(27)20-8-4-5-9-24(20)31-28/h1-14,31H,15-16H2,(H,30,32)/b11-10+. The van der Waals surface area contributed by atoms with Crippen LogP contribution in [0, 0.1) is 0 Å². The number of para-hydroxylation sites is 1. The molecule has 2 N–H and O–H groups in total. The zero-order valence-electron chi connectivity index (χ0n) is 17.4. The SMILES string of the molecule is O=C1NCc2c3c(c4[nH]c5ccccc5c4c21)Cc1ccc(/C=C/c2ccccc2)cc1-3. The Labute approximate surface area is 185 Å². The van der Waals surface area contributed by atoms with Gasteiger partial charge in [-0.15, -0.1) is 0 Å². The molecule has 0 spiro atoms. The summed E-state index contributed by atoms with van der Waals surface area (Å²) in [7, 11) is 0. The van der Waals surface area contributed by atoms with Crippen molar-refractivity contribution in [3.05, 3.63) is 106 Å². The van der Waals surface area contributed by atoms with Crippen molar-refractivity contribution in [2.24, 2.45) is 0 Å². The van der Waals surface area contributed by atoms with Crippen LogP contribution in [0.25, 0.3) is 45.1 Å². The highest BCUT2D eigenvalue weighted by molar-refractivity contribution is 6.22. The molecule has 0 atom stereocenters. The third kappa shape index (κ3) is 2.39. The van der Waals surface area contributed by atoms with E-state index in [4.69, 9.17) is 0 Å². The van der Waals surface area contributed by atoms with Crippen molar-refractivity contribution in [2.75, 3.05) is 0 Å². The van der Waals surface area contributed by atoms with Crippen LogP contribution in [-0.2, 0) is 13.0 Å². The number of fused-ring (bicyclic) bond motifs is 10. The maximum atomic E-state index is 12.9. The molecule has 3 heteroatoms. The number of H-pyrrole nitrogens is 1. The normalized spacial score (nSPS) is 14.2. The molecule has 1 aliphatic carbocycles. The predicted octanol–water partition coefficient (Wildman–Crippen LogP) is 6.31. The summed E-state index contributed by atoms with van der Waals surface area (Å²) in [6, 6.07) is 25.3. The van der Waals surface area contributed by atoms with E-state index >= 15 is 0 Å². The minimum absolute atomic E-state index is 0.0335. The summed E-state index contributed by atoms with van der Waals surface area (Å²) < 4.78 is 0. The van der Waals surface area contributed by atoms with E-state index in [0.29, 0.717) is 6.54 Å². The van der Waals surface area contributed by atoms with Gasteiger partial charge in [-0.1, -0.05) is 72.8 Å². The second-order valence-electron chi connectivity index (χ2n) is 8.65. The first-order chi connectivity index (χ1) is 15.8. The Kier molecular flexibility index (Phi) is 3.54. The molecule has 1 aromatic heterocycles. The van der Waals surface area contributed by atoms with E-state index in [-0.39, 0.29) is 5.91 Å². The Bertz CT molecular complexity index is 1610. The van der Waals surface area contributed by atoms with Gasteiger partial charge < -0.3 is 10.3 Å². The van der Waals surface area contributed by atoms with Crippen LogP contribution in [0.4, 0.5) is 0 Å². The number of aromatic nitrogens is 1. The number of rotatable bonds is 2. The molecule has 0 fully saturated rings. The van der Waals surface area contributed by atoms with E-state index in [2.05, 4.69) is 77.1 Å². The van der Waals surface area contributed by atoms with Crippen molar-refractivity contribution in [1.29, 1.82) is 0 Å². The number of hydrogen-bond donors (Lipinski definition) is 2. The van der Waals surface area contributed by atoms with Gasteiger partial charge in [0.05, 0.1) is 11.1 Å². The van der Waals surface area contributed by atoms with Crippen LogP contribution in [0.5, 0.6) is 0 Å². The molecule has 2 aliphatic rings. The maximum absolute atomic E-state index is 12.9. The lowest BCUT2D eigenvalue weighted by Crippen LogP contribution is -2.12. The number of benzene rings is 4. The summed E-state index contributed by atoms with van der Waals surface area (Å²) in [5.41, 5.74) is 11.7. The van der Waals surface area contributed by atoms with E-state index in [9.17, 15) is 4.79 Å². The highest BCUT2D eigenvalue weighted by Crippen LogP contribution is 2.47. The zero-order valence-corrected chi connectivity index (χ0v) is 17.4. The fourth-order valence-electron chi connectivity index (χ4n) is 5.43. The Morgan fingerprint density at radius 1 is 0.781 bits per heavy atom. The average molecular weight is 412 g/mol. The summed E-state index contributed by atoms with van der Waals surface area (Å²) in [5.74, 6) is 0.0335. The molecule has 152 valence electrons. The molecular formula is C29H20N2O. The fourth-order valence-corrected chi connectivity index (χ4v) is 5.43. The van der Waals surface area contributed by atoms with Crippen molar-refractivity contribution in [3.8, 4) is 11.1 Å². The monoisotopic (exact) mass is 412 g/mol. The van der Waals surface area contributed by atoms with Gasteiger partial charge in [-0.2, -0.15) is 0 Å². The van der Waals surface area contributed by atoms with E-state index in [0.717, 1.165) is 39.4 Å². The summed E-state index contributed by atoms with van der Waals surface area (Å²) in [6.45, 7) is 0.593. The molecule has 0 radical (unpaired) electrons. The topological polar surface area (TPSA) is 44.9 Å². The van der Waals surface area contributed by atoms with Gasteiger partial charge in [-0.25, -0.2) is 0 Å². The highest BCUT2D eigenvalue weighted by Gasteiger charge is 2.33. The van der Waals surface area contributed by atoms with Crippen LogP contribution in [0.15, 0.2) is 72.8 Å². The molecular weight excluding hydrogens is 392 g/mol. The second kappa shape index (κ2) is 6.44. The molecule has 0 unspecified atom stereocenters. The van der Waals surface area contributed by atoms with E-state index in [1.165, 1.54) is 33.4 Å². The van der Waals surface area contributed by atoms with Crippen LogP contribution in [0.2, 0.25) is 0 Å². The number of aromatic amines is 1. The van der Waals surface area contributed by atoms with Gasteiger partial charge in [0, 0.05) is 29.3 Å². The van der Waals surface area contributed by atoms with Crippen LogP contribution < -0.4 is 5.32 Å². The molecule has 0 saturated heterocycles. The average Bonchev–Trinajstić information content (AvgIpc) is 3.51. The zero-order chi connectivity index (χ0) is 21.2. The lowest BCUT2D eigenvalue weighted by atomic mass is 9.91. The van der Waals surface area contributed by atoms with Gasteiger partial charge in [0.15, 0.2) is 0 Å². The number of amides is 1. The van der Waals surface area contributed by atoms with Crippen molar-refractivity contribution < 1.29 is 4.79 Å². The van der Waals surface area contributed by atoms with Gasteiger partial charge in [0.2, 0.25) is 0 Å². The van der Waals surface area contributed by atoms with Crippen LogP contribution in [-0.4, -0.2) is 10.9 Å². The third-order valence-electron chi connectivity index (χ3n) is 6.85. The van der Waals surface area contributed by atoms with Gasteiger partial charge >= 0.3 is 0 Å². The molecule has 4 aromatic carbocycles. The minimum atomic E-state index is 0.0335. The number of carbonyl (C=O) groups excluding carboxylic acids is 1. The van der Waals surface area contributed by atoms with Gasteiger partial charge in [-0.05, 0) is 51.1 Å². The van der Waals surface area contributed by atoms with Crippen molar-refractivity contribution in [3.63, 3.8) is 0 Å². The molecule has 32 heavy (non-hydrogen) atoms. The Morgan fingerprint density at radius 2 is 1.59 bits per heavy atom. The van der Waals surface area contributed by atoms with Gasteiger partial charge in [-0.3, -0.25) is 4.79 Å². The fraction of sp³-hybridized carbons (Fsp3) is 0.0690. The van der Waals surface area contributed by atoms with Gasteiger partial charge in [0.25, 0.3) is 5.91 Å². The Balaban J connectivity index is 1.46. The van der Waals surface area contributed by atoms with E-state index < -0.39 is 0 Å². The summed E-state index contributed by atoms with van der Waals surface area (Å²) in [5, 5.41) is 5.28. The first-order valence-corrected chi connectivity index (χ1v) is 11.0. The minimum Gasteiger partial charge on any atom is -0.354 e. The van der Waals surface area contributed by atoms with Crippen molar-refractivity contribution in [2.45, 2.75) is 13.0 Å². The molecule has 2 heterocycles. The lowest BCUT2D eigenvalue weighted by Gasteiger charge is -2.10. The van der Waals surface area contributed by atoms with Crippen LogP contribution in [0.1, 0.15) is 38.2 Å². The van der Waals surface area contributed by atoms with E-state index in [1.807, 2.05) is 18.2 Å². The number of hydrogen-bond acceptors (Lipinski definition) is 1. The summed E-state index contributed by atoms with van der Waals surface area (Å²) in [6.07, 6.45) is 5.20. The Hall–Kier alpha value is -4.11. The lowest BCUT2D eigenvalue weighted by molar-refractivity contribution is 0.0967. The second-order valence-corrected chi connectivity index (χ2v) is 8.65. The van der Waals surface area contributed by atoms with Gasteiger partial charge in [0.1, 0.15) is 0 Å².